The Hall–Kier alpha value is -5.04. The minimum absolute atomic E-state index is 0.00582. The van der Waals surface area contributed by atoms with Crippen molar-refractivity contribution in [2.45, 2.75) is 57.7 Å². The van der Waals surface area contributed by atoms with Crippen LogP contribution in [0.2, 0.25) is 0 Å². The van der Waals surface area contributed by atoms with E-state index in [1.54, 1.807) is 41.3 Å². The minimum atomic E-state index is -4.89. The van der Waals surface area contributed by atoms with Gasteiger partial charge in [-0.1, -0.05) is 30.3 Å². The highest BCUT2D eigenvalue weighted by Gasteiger charge is 2.37. The van der Waals surface area contributed by atoms with Crippen molar-refractivity contribution < 1.29 is 41.4 Å². The number of carboxylic acids is 1. The van der Waals surface area contributed by atoms with Gasteiger partial charge in [0, 0.05) is 43.0 Å². The van der Waals surface area contributed by atoms with Crippen LogP contribution in [0, 0.1) is 19.7 Å². The summed E-state index contributed by atoms with van der Waals surface area (Å²) < 4.78 is 79.0. The van der Waals surface area contributed by atoms with Crippen molar-refractivity contribution in [1.29, 1.82) is 0 Å². The van der Waals surface area contributed by atoms with E-state index in [-0.39, 0.29) is 54.9 Å². The maximum absolute atomic E-state index is 15.9. The molecular weight excluding hydrogens is 661 g/mol. The number of amides is 1. The number of halogens is 5. The number of ether oxygens (including phenoxy) is 1. The van der Waals surface area contributed by atoms with Crippen LogP contribution in [-0.4, -0.2) is 52.3 Å². The first-order valence-corrected chi connectivity index (χ1v) is 16.0. The number of carbonyl (C=O) groups excluding carboxylic acids is 1. The molecule has 2 aliphatic heterocycles. The lowest BCUT2D eigenvalue weighted by atomic mass is 9.91. The van der Waals surface area contributed by atoms with E-state index in [0.717, 1.165) is 16.3 Å². The molecule has 0 spiro atoms. The highest BCUT2D eigenvalue weighted by molar-refractivity contribution is 5.85. The molecule has 3 heterocycles. The molecule has 1 amide bonds. The van der Waals surface area contributed by atoms with E-state index in [1.165, 1.54) is 19.1 Å². The van der Waals surface area contributed by atoms with Crippen molar-refractivity contribution in [2.24, 2.45) is 0 Å². The minimum Gasteiger partial charge on any atom is -0.488 e. The number of aryl methyl sites for hydroxylation is 2. The van der Waals surface area contributed by atoms with Crippen molar-refractivity contribution in [2.75, 3.05) is 19.6 Å². The molecular formula is C37H34F5N3O5. The second-order valence-electron chi connectivity index (χ2n) is 12.8. The molecule has 8 nitrogen and oxygen atoms in total. The fourth-order valence-electron chi connectivity index (χ4n) is 6.67. The Morgan fingerprint density at radius 2 is 1.76 bits per heavy atom. The summed E-state index contributed by atoms with van der Waals surface area (Å²) in [6, 6.07) is 12.2. The summed E-state index contributed by atoms with van der Waals surface area (Å²) in [7, 11) is 0. The lowest BCUT2D eigenvalue weighted by molar-refractivity contribution is -0.139. The third kappa shape index (κ3) is 7.14. The number of nitrogens with zero attached hydrogens (tertiary/aromatic N) is 2. The zero-order valence-electron chi connectivity index (χ0n) is 27.2. The van der Waals surface area contributed by atoms with Crippen LogP contribution in [-0.2, 0) is 28.8 Å². The third-order valence-corrected chi connectivity index (χ3v) is 9.14. The summed E-state index contributed by atoms with van der Waals surface area (Å²) in [5, 5.41) is 12.5. The highest BCUT2D eigenvalue weighted by Crippen LogP contribution is 2.38. The molecule has 1 aromatic heterocycles. The van der Waals surface area contributed by atoms with Crippen molar-refractivity contribution in [3.8, 4) is 16.9 Å². The van der Waals surface area contributed by atoms with Crippen molar-refractivity contribution in [1.82, 2.24) is 14.8 Å². The molecule has 4 bridgehead atoms. The molecule has 2 aliphatic rings. The van der Waals surface area contributed by atoms with Crippen LogP contribution in [0.5, 0.6) is 5.75 Å². The van der Waals surface area contributed by atoms with Gasteiger partial charge in [-0.2, -0.15) is 13.2 Å². The Balaban J connectivity index is 1.53. The van der Waals surface area contributed by atoms with Gasteiger partial charge in [-0.05, 0) is 77.9 Å². The number of nitrogens with one attached hydrogen (secondary N) is 1. The standard InChI is InChI=1S/C37H34F5N3O5/c1-20-5-3-8-30-33(20)25-11-21(2)34(39)27(13-25)29(15-32(47)48)43-36(49)35(23-7-4-6-22(12-23)19-50-30)45-16-24(9-10-44-17-26(38)18-44)28(14-31(45)46)37(40,41)42/h3-8,11-14,16,26,29,35H,9-10,15,17-19H2,1-2H3,(H,43,49)(H,47,48)/t29-,35-/m0/s1. The molecule has 2 atom stereocenters. The zero-order chi connectivity index (χ0) is 35.9. The smallest absolute Gasteiger partial charge is 0.416 e. The number of hydrogen-bond donors (Lipinski definition) is 2. The topological polar surface area (TPSA) is 101 Å². The van der Waals surface area contributed by atoms with E-state index in [2.05, 4.69) is 5.32 Å². The SMILES string of the molecule is Cc1cc2cc(c1F)[C@H](CC(=O)O)NC(=O)[C@@H](n1cc(CCN3CC(F)C3)c(C(F)(F)F)cc1=O)c1cccc(c1)COc1cccc(C)c1-2. The molecule has 2 N–H and O–H groups in total. The maximum Gasteiger partial charge on any atom is 0.416 e. The largest absolute Gasteiger partial charge is 0.488 e. The number of pyridine rings is 1. The van der Waals surface area contributed by atoms with Gasteiger partial charge in [0.05, 0.1) is 18.0 Å². The van der Waals surface area contributed by atoms with Crippen LogP contribution in [0.3, 0.4) is 0 Å². The van der Waals surface area contributed by atoms with Gasteiger partial charge in [-0.3, -0.25) is 23.9 Å². The van der Waals surface area contributed by atoms with Gasteiger partial charge in [0.15, 0.2) is 0 Å². The normalized spacial score (nSPS) is 18.3. The number of aromatic nitrogens is 1. The van der Waals surface area contributed by atoms with Gasteiger partial charge in [0.25, 0.3) is 5.56 Å². The second-order valence-corrected chi connectivity index (χ2v) is 12.8. The zero-order valence-corrected chi connectivity index (χ0v) is 27.2. The van der Waals surface area contributed by atoms with Crippen molar-refractivity contribution in [3.63, 3.8) is 0 Å². The molecule has 0 saturated carbocycles. The van der Waals surface area contributed by atoms with E-state index >= 15 is 4.39 Å². The van der Waals surface area contributed by atoms with E-state index in [0.29, 0.717) is 28.5 Å². The lowest BCUT2D eigenvalue weighted by Gasteiger charge is -2.34. The van der Waals surface area contributed by atoms with Crippen LogP contribution >= 0.6 is 0 Å². The number of hydrogen-bond acceptors (Lipinski definition) is 5. The van der Waals surface area contributed by atoms with Crippen LogP contribution in [0.25, 0.3) is 11.1 Å². The Bertz CT molecular complexity index is 2020. The number of rotatable bonds is 6. The Morgan fingerprint density at radius 1 is 1.02 bits per heavy atom. The summed E-state index contributed by atoms with van der Waals surface area (Å²) in [6.45, 7) is 3.60. The number of carboxylic acid groups (broad SMARTS) is 1. The quantitative estimate of drug-likeness (QED) is 0.230. The molecule has 0 unspecified atom stereocenters. The number of aliphatic carboxylic acids is 1. The van der Waals surface area contributed by atoms with E-state index in [9.17, 15) is 37.1 Å². The Kier molecular flexibility index (Phi) is 9.54. The first-order chi connectivity index (χ1) is 23.7. The number of likely N-dealkylation sites (tertiary alicyclic amines) is 1. The third-order valence-electron chi connectivity index (χ3n) is 9.14. The summed E-state index contributed by atoms with van der Waals surface area (Å²) >= 11 is 0. The van der Waals surface area contributed by atoms with Crippen molar-refractivity contribution in [3.05, 3.63) is 122 Å². The predicted molar refractivity (Wildman–Crippen MR) is 174 cm³/mol. The van der Waals surface area contributed by atoms with Crippen LogP contribution in [0.1, 0.15) is 57.4 Å². The number of carbonyl (C=O) groups is 2. The molecule has 6 rings (SSSR count). The van der Waals surface area contributed by atoms with Gasteiger partial charge in [0.1, 0.15) is 30.4 Å². The second kappa shape index (κ2) is 13.7. The van der Waals surface area contributed by atoms with Gasteiger partial charge in [0.2, 0.25) is 5.91 Å². The van der Waals surface area contributed by atoms with Crippen molar-refractivity contribution >= 4 is 11.9 Å². The molecule has 0 radical (unpaired) electrons. The lowest BCUT2D eigenvalue weighted by Crippen LogP contribution is -2.49. The summed E-state index contributed by atoms with van der Waals surface area (Å²) in [5.74, 6) is -2.59. The van der Waals surface area contributed by atoms with Gasteiger partial charge >= 0.3 is 12.1 Å². The Labute approximate surface area is 284 Å². The summed E-state index contributed by atoms with van der Waals surface area (Å²) in [5.41, 5.74) is 0.181. The molecule has 50 heavy (non-hydrogen) atoms. The van der Waals surface area contributed by atoms with Crippen LogP contribution in [0.15, 0.2) is 71.7 Å². The number of fused-ring (bicyclic) bond motifs is 6. The predicted octanol–water partition coefficient (Wildman–Crippen LogP) is 6.30. The van der Waals surface area contributed by atoms with Crippen LogP contribution < -0.4 is 15.6 Å². The van der Waals surface area contributed by atoms with E-state index < -0.39 is 59.7 Å². The fourth-order valence-corrected chi connectivity index (χ4v) is 6.67. The molecule has 0 aliphatic carbocycles. The molecule has 4 aromatic rings. The van der Waals surface area contributed by atoms with Gasteiger partial charge in [-0.15, -0.1) is 0 Å². The molecule has 262 valence electrons. The highest BCUT2D eigenvalue weighted by atomic mass is 19.4. The van der Waals surface area contributed by atoms with Crippen LogP contribution in [0.4, 0.5) is 22.0 Å². The van der Waals surface area contributed by atoms with Gasteiger partial charge < -0.3 is 15.2 Å². The molecule has 13 heteroatoms. The maximum atomic E-state index is 15.9. The Morgan fingerprint density at radius 3 is 2.46 bits per heavy atom. The van der Waals surface area contributed by atoms with E-state index in [1.807, 2.05) is 13.0 Å². The van der Waals surface area contributed by atoms with E-state index in [4.69, 9.17) is 4.74 Å². The average Bonchev–Trinajstić information content (AvgIpc) is 3.03. The number of alkyl halides is 4. The van der Waals surface area contributed by atoms with Gasteiger partial charge in [-0.25, -0.2) is 8.78 Å². The molecule has 1 saturated heterocycles. The number of benzene rings is 3. The monoisotopic (exact) mass is 695 g/mol. The average molecular weight is 696 g/mol. The fraction of sp³-hybridized carbons (Fsp3) is 0.324. The first-order valence-electron chi connectivity index (χ1n) is 16.0. The molecule has 1 fully saturated rings. The first kappa shape index (κ1) is 34.8. The summed E-state index contributed by atoms with van der Waals surface area (Å²) in [6.07, 6.45) is -5.92. The summed E-state index contributed by atoms with van der Waals surface area (Å²) in [4.78, 5) is 41.6. The molecule has 3 aromatic carbocycles.